The van der Waals surface area contributed by atoms with Crippen LogP contribution in [0.15, 0.2) is 0 Å². The number of hydrogen-bond donors (Lipinski definition) is 4. The van der Waals surface area contributed by atoms with Crippen molar-refractivity contribution in [3.05, 3.63) is 0 Å². The van der Waals surface area contributed by atoms with Gasteiger partial charge in [-0.1, -0.05) is 13.8 Å². The average molecular weight is 240 g/mol. The van der Waals surface area contributed by atoms with E-state index in [9.17, 15) is 0 Å². The van der Waals surface area contributed by atoms with Gasteiger partial charge in [-0.2, -0.15) is 0 Å². The molecular formula is C10H24ClN2O2-. The van der Waals surface area contributed by atoms with Crippen LogP contribution < -0.4 is 23.0 Å². The third-order valence-corrected chi connectivity index (χ3v) is 2.42. The van der Waals surface area contributed by atoms with Gasteiger partial charge in [0.1, 0.15) is 0 Å². The molecule has 0 amide bonds. The molecule has 0 saturated heterocycles. The fraction of sp³-hybridized carbons (Fsp3) is 1.00. The maximum absolute atomic E-state index is 8.90. The molecule has 0 aliphatic carbocycles. The van der Waals surface area contributed by atoms with Crippen LogP contribution in [0.3, 0.4) is 0 Å². The smallest absolute Gasteiger partial charge is 0.0584 e. The summed E-state index contributed by atoms with van der Waals surface area (Å²) in [6.07, 6.45) is 1.88. The quantitative estimate of drug-likeness (QED) is 0.319. The van der Waals surface area contributed by atoms with Gasteiger partial charge in [-0.15, -0.1) is 0 Å². The van der Waals surface area contributed by atoms with E-state index in [1.54, 1.807) is 0 Å². The molecule has 0 aliphatic heterocycles. The van der Waals surface area contributed by atoms with Gasteiger partial charge in [0.2, 0.25) is 0 Å². The van der Waals surface area contributed by atoms with Gasteiger partial charge in [-0.3, -0.25) is 0 Å². The number of hydrogen-bond acceptors (Lipinski definition) is 4. The Balaban J connectivity index is 0. The second-order valence-electron chi connectivity index (χ2n) is 3.48. The maximum atomic E-state index is 8.90. The van der Waals surface area contributed by atoms with Crippen LogP contribution in [0.2, 0.25) is 0 Å². The van der Waals surface area contributed by atoms with Gasteiger partial charge >= 0.3 is 0 Å². The molecule has 0 spiro atoms. The van der Waals surface area contributed by atoms with Crippen molar-refractivity contribution in [1.82, 2.24) is 10.6 Å². The van der Waals surface area contributed by atoms with Crippen LogP contribution in [0.1, 0.15) is 26.7 Å². The number of nitrogens with one attached hydrogen (secondary N) is 2. The normalized spacial score (nSPS) is 14.4. The molecule has 5 heteroatoms. The molecule has 0 heterocycles. The molecule has 0 aromatic heterocycles. The van der Waals surface area contributed by atoms with Gasteiger partial charge in [0.25, 0.3) is 0 Å². The minimum absolute atomic E-state index is 0. The largest absolute Gasteiger partial charge is 1.00 e. The highest BCUT2D eigenvalue weighted by atomic mass is 35.5. The Kier molecular flexibility index (Phi) is 14.3. The average Bonchev–Trinajstić information content (AvgIpc) is 2.24. The molecule has 15 heavy (non-hydrogen) atoms. The zero-order valence-electron chi connectivity index (χ0n) is 9.67. The van der Waals surface area contributed by atoms with Crippen LogP contribution in [0.5, 0.6) is 0 Å². The molecule has 0 aromatic rings. The van der Waals surface area contributed by atoms with Crippen LogP contribution >= 0.6 is 0 Å². The van der Waals surface area contributed by atoms with Crippen molar-refractivity contribution in [3.63, 3.8) is 0 Å². The van der Waals surface area contributed by atoms with Crippen molar-refractivity contribution in [1.29, 1.82) is 0 Å². The molecule has 0 aromatic carbocycles. The standard InChI is InChI=1S/C10H24N2O2.ClH/c1-3-9(7-13)11-5-6-12-10(4-2)8-14;/h9-14H,3-8H2,1-2H3;1H/p-1. The molecule has 0 saturated carbocycles. The molecule has 0 rings (SSSR count). The van der Waals surface area contributed by atoms with Crippen LogP contribution in [0, 0.1) is 0 Å². The highest BCUT2D eigenvalue weighted by Crippen LogP contribution is 1.89. The van der Waals surface area contributed by atoms with Crippen molar-refractivity contribution in [2.24, 2.45) is 0 Å². The van der Waals surface area contributed by atoms with E-state index in [0.717, 1.165) is 25.9 Å². The van der Waals surface area contributed by atoms with Gasteiger partial charge in [-0.05, 0) is 12.8 Å². The summed E-state index contributed by atoms with van der Waals surface area (Å²) in [4.78, 5) is 0. The lowest BCUT2D eigenvalue weighted by molar-refractivity contribution is -0.00000511. The molecule has 0 fully saturated rings. The Morgan fingerprint density at radius 3 is 1.40 bits per heavy atom. The highest BCUT2D eigenvalue weighted by Gasteiger charge is 2.04. The highest BCUT2D eigenvalue weighted by molar-refractivity contribution is 4.67. The Bertz CT molecular complexity index is 106. The predicted molar refractivity (Wildman–Crippen MR) is 58.3 cm³/mol. The molecule has 4 nitrogen and oxygen atoms in total. The summed E-state index contributed by atoms with van der Waals surface area (Å²) in [6, 6.07) is 0.400. The van der Waals surface area contributed by atoms with Crippen LogP contribution in [0.4, 0.5) is 0 Å². The van der Waals surface area contributed by atoms with E-state index in [-0.39, 0.29) is 37.7 Å². The monoisotopic (exact) mass is 239 g/mol. The van der Waals surface area contributed by atoms with Gasteiger partial charge < -0.3 is 33.3 Å². The fourth-order valence-corrected chi connectivity index (χ4v) is 1.23. The summed E-state index contributed by atoms with van der Waals surface area (Å²) < 4.78 is 0. The summed E-state index contributed by atoms with van der Waals surface area (Å²) in [5.74, 6) is 0. The minimum atomic E-state index is 0. The van der Waals surface area contributed by atoms with E-state index in [1.807, 2.05) is 13.8 Å². The van der Waals surface area contributed by atoms with Crippen molar-refractivity contribution >= 4 is 0 Å². The lowest BCUT2D eigenvalue weighted by Crippen LogP contribution is -3.00. The van der Waals surface area contributed by atoms with E-state index in [4.69, 9.17) is 10.2 Å². The van der Waals surface area contributed by atoms with Crippen molar-refractivity contribution in [2.45, 2.75) is 38.8 Å². The number of halogens is 1. The van der Waals surface area contributed by atoms with E-state index in [2.05, 4.69) is 10.6 Å². The Labute approximate surface area is 98.9 Å². The second kappa shape index (κ2) is 12.2. The van der Waals surface area contributed by atoms with Crippen LogP contribution in [-0.2, 0) is 0 Å². The first-order valence-electron chi connectivity index (χ1n) is 5.46. The second-order valence-corrected chi connectivity index (χ2v) is 3.48. The molecule has 0 radical (unpaired) electrons. The first-order chi connectivity index (χ1) is 6.78. The summed E-state index contributed by atoms with van der Waals surface area (Å²) in [5.41, 5.74) is 0. The molecule has 94 valence electrons. The Morgan fingerprint density at radius 1 is 0.867 bits per heavy atom. The fourth-order valence-electron chi connectivity index (χ4n) is 1.23. The van der Waals surface area contributed by atoms with E-state index < -0.39 is 0 Å². The Hall–Kier alpha value is 0.130. The minimum Gasteiger partial charge on any atom is -1.00 e. The van der Waals surface area contributed by atoms with E-state index in [0.29, 0.717) is 0 Å². The van der Waals surface area contributed by atoms with Crippen LogP contribution in [0.25, 0.3) is 0 Å². The lowest BCUT2D eigenvalue weighted by Gasteiger charge is -2.17. The molecule has 2 atom stereocenters. The number of aliphatic hydroxyl groups is 2. The van der Waals surface area contributed by atoms with Crippen molar-refractivity contribution in [3.8, 4) is 0 Å². The third-order valence-electron chi connectivity index (χ3n) is 2.42. The summed E-state index contributed by atoms with van der Waals surface area (Å²) in [6.45, 7) is 6.13. The molecule has 0 bridgehead atoms. The first kappa shape index (κ1) is 17.5. The van der Waals surface area contributed by atoms with E-state index >= 15 is 0 Å². The number of rotatable bonds is 9. The summed E-state index contributed by atoms with van der Waals surface area (Å²) in [5, 5.41) is 24.3. The van der Waals surface area contributed by atoms with Crippen LogP contribution in [-0.4, -0.2) is 48.6 Å². The number of aliphatic hydroxyl groups excluding tert-OH is 2. The first-order valence-corrected chi connectivity index (χ1v) is 5.46. The summed E-state index contributed by atoms with van der Waals surface area (Å²) >= 11 is 0. The van der Waals surface area contributed by atoms with Gasteiger partial charge in [0.15, 0.2) is 0 Å². The predicted octanol–water partition coefficient (Wildman–Crippen LogP) is -3.29. The zero-order valence-corrected chi connectivity index (χ0v) is 10.4. The molecule has 0 aliphatic rings. The Morgan fingerprint density at radius 2 is 1.20 bits per heavy atom. The van der Waals surface area contributed by atoms with Gasteiger partial charge in [0, 0.05) is 25.2 Å². The SMILES string of the molecule is CCC(CO)NCCNC(CC)CO.[Cl-]. The van der Waals surface area contributed by atoms with E-state index in [1.165, 1.54) is 0 Å². The third kappa shape index (κ3) is 9.08. The van der Waals surface area contributed by atoms with Gasteiger partial charge in [-0.25, -0.2) is 0 Å². The van der Waals surface area contributed by atoms with Crippen molar-refractivity contribution < 1.29 is 22.6 Å². The lowest BCUT2D eigenvalue weighted by atomic mass is 10.2. The molecule has 2 unspecified atom stereocenters. The van der Waals surface area contributed by atoms with Crippen molar-refractivity contribution in [2.75, 3.05) is 26.3 Å². The zero-order chi connectivity index (χ0) is 10.8. The molecule has 4 N–H and O–H groups in total. The van der Waals surface area contributed by atoms with Gasteiger partial charge in [0.05, 0.1) is 13.2 Å². The maximum Gasteiger partial charge on any atom is 0.0584 e. The summed E-state index contributed by atoms with van der Waals surface area (Å²) in [7, 11) is 0. The molecular weight excluding hydrogens is 216 g/mol. The topological polar surface area (TPSA) is 64.5 Å².